The molecule has 0 aliphatic rings. The van der Waals surface area contributed by atoms with Gasteiger partial charge in [0.2, 0.25) is 0 Å². The van der Waals surface area contributed by atoms with Gasteiger partial charge in [0.1, 0.15) is 0 Å². The van der Waals surface area contributed by atoms with E-state index >= 15 is 0 Å². The maximum Gasteiger partial charge on any atom is 0.0652 e. The fourth-order valence-electron chi connectivity index (χ4n) is 0.840. The van der Waals surface area contributed by atoms with Crippen LogP contribution in [0, 0.1) is 0 Å². The summed E-state index contributed by atoms with van der Waals surface area (Å²) in [5.41, 5.74) is 0.544. The zero-order valence-electron chi connectivity index (χ0n) is 8.57. The van der Waals surface area contributed by atoms with Gasteiger partial charge in [0.15, 0.2) is 0 Å². The third-order valence-electron chi connectivity index (χ3n) is 1.28. The van der Waals surface area contributed by atoms with Gasteiger partial charge in [-0.15, -0.1) is 11.6 Å². The Morgan fingerprint density at radius 3 is 2.57 bits per heavy atom. The predicted octanol–water partition coefficient (Wildman–Crippen LogP) is 2.43. The number of hydrogen-bond acceptors (Lipinski definition) is 3. The van der Waals surface area contributed by atoms with Crippen LogP contribution in [0.4, 0.5) is 0 Å². The molecule has 14 heavy (non-hydrogen) atoms. The van der Waals surface area contributed by atoms with Crippen molar-refractivity contribution in [1.29, 1.82) is 0 Å². The Morgan fingerprint density at radius 2 is 2.07 bits per heavy atom. The molecule has 0 atom stereocenters. The second kappa shape index (κ2) is 5.99. The monoisotopic (exact) mass is 283 g/mol. The summed E-state index contributed by atoms with van der Waals surface area (Å²) in [6.45, 7) is 6.25. The van der Waals surface area contributed by atoms with E-state index in [1.165, 1.54) is 0 Å². The van der Waals surface area contributed by atoms with Crippen molar-refractivity contribution in [2.24, 2.45) is 0 Å². The van der Waals surface area contributed by atoms with Crippen LogP contribution in [0.5, 0.6) is 0 Å². The molecule has 0 aliphatic heterocycles. The second-order valence-electron chi connectivity index (χ2n) is 3.67. The molecule has 0 fully saturated rings. The minimum absolute atomic E-state index is 0. The third kappa shape index (κ3) is 4.67. The summed E-state index contributed by atoms with van der Waals surface area (Å²) in [5.74, 6) is 0. The van der Waals surface area contributed by atoms with E-state index in [0.717, 1.165) is 5.03 Å². The number of carbonyl (C=O) groups excluding carboxylic acids is 1. The largest absolute Gasteiger partial charge is 0.376 e. The Bertz CT molecular complexity index is 309. The molecule has 0 spiro atoms. The SMILES string of the molecule is CC(C)(C)Sc1ncccc1[C-]=O.[Y]. The molecule has 0 saturated heterocycles. The van der Waals surface area contributed by atoms with Gasteiger partial charge in [-0.25, -0.2) is 0 Å². The van der Waals surface area contributed by atoms with Gasteiger partial charge >= 0.3 is 0 Å². The normalized spacial score (nSPS) is 10.5. The standard InChI is InChI=1S/C10H12NOS.Y/c1-10(2,3)13-9-8(7-12)5-4-6-11-9;/h4-6H,1-3H3;/q-1;. The molecule has 1 heterocycles. The van der Waals surface area contributed by atoms with Gasteiger partial charge in [0, 0.05) is 43.7 Å². The third-order valence-corrected chi connectivity index (χ3v) is 2.42. The minimum Gasteiger partial charge on any atom is -0.376 e. The number of rotatable bonds is 2. The smallest absolute Gasteiger partial charge is 0.0652 e. The first kappa shape index (κ1) is 14.3. The molecule has 0 unspecified atom stereocenters. The Hall–Kier alpha value is 0.274. The minimum atomic E-state index is 0. The number of hydrogen-bond donors (Lipinski definition) is 0. The zero-order chi connectivity index (χ0) is 9.90. The molecular formula is C10H12NOSY-. The van der Waals surface area contributed by atoms with E-state index in [-0.39, 0.29) is 37.5 Å². The molecular weight excluding hydrogens is 271 g/mol. The predicted molar refractivity (Wildman–Crippen MR) is 54.6 cm³/mol. The Morgan fingerprint density at radius 1 is 1.43 bits per heavy atom. The van der Waals surface area contributed by atoms with E-state index in [1.54, 1.807) is 30.1 Å². The Balaban J connectivity index is 0.00000169. The molecule has 2 nitrogen and oxygen atoms in total. The number of pyridine rings is 1. The van der Waals surface area contributed by atoms with Crippen molar-refractivity contribution in [2.75, 3.05) is 0 Å². The van der Waals surface area contributed by atoms with E-state index in [1.807, 2.05) is 6.29 Å². The summed E-state index contributed by atoms with van der Waals surface area (Å²) in [4.78, 5) is 14.7. The van der Waals surface area contributed by atoms with Crippen LogP contribution in [0.1, 0.15) is 26.3 Å². The van der Waals surface area contributed by atoms with Gasteiger partial charge < -0.3 is 9.78 Å². The van der Waals surface area contributed by atoms with Crippen LogP contribution in [0.3, 0.4) is 0 Å². The van der Waals surface area contributed by atoms with Crippen LogP contribution in [-0.4, -0.2) is 16.0 Å². The summed E-state index contributed by atoms with van der Waals surface area (Å²) in [6.07, 6.45) is 3.57. The van der Waals surface area contributed by atoms with Crippen molar-refractivity contribution in [3.8, 4) is 0 Å². The molecule has 0 bridgehead atoms. The van der Waals surface area contributed by atoms with Crippen molar-refractivity contribution in [3.63, 3.8) is 0 Å². The van der Waals surface area contributed by atoms with Gasteiger partial charge in [-0.3, -0.25) is 0 Å². The van der Waals surface area contributed by atoms with Crippen molar-refractivity contribution in [2.45, 2.75) is 30.5 Å². The first-order chi connectivity index (χ1) is 6.03. The number of aromatic nitrogens is 1. The first-order valence-electron chi connectivity index (χ1n) is 4.05. The van der Waals surface area contributed by atoms with Gasteiger partial charge in [-0.2, -0.15) is 17.8 Å². The molecule has 0 aliphatic carbocycles. The van der Waals surface area contributed by atoms with Crippen molar-refractivity contribution in [3.05, 3.63) is 23.9 Å². The fourth-order valence-corrected chi connectivity index (χ4v) is 1.75. The van der Waals surface area contributed by atoms with Crippen molar-refractivity contribution >= 4 is 18.0 Å². The molecule has 0 saturated carbocycles. The Labute approximate surface area is 114 Å². The van der Waals surface area contributed by atoms with Gasteiger partial charge in [0.25, 0.3) is 0 Å². The van der Waals surface area contributed by atoms with E-state index in [9.17, 15) is 4.79 Å². The second-order valence-corrected chi connectivity index (χ2v) is 5.49. The average molecular weight is 283 g/mol. The number of thioether (sulfide) groups is 1. The van der Waals surface area contributed by atoms with Crippen LogP contribution in [0.25, 0.3) is 0 Å². The maximum atomic E-state index is 10.5. The van der Waals surface area contributed by atoms with Crippen LogP contribution in [0.15, 0.2) is 23.4 Å². The molecule has 0 N–H and O–H groups in total. The summed E-state index contributed by atoms with van der Waals surface area (Å²) >= 11 is 1.58. The van der Waals surface area contributed by atoms with Crippen LogP contribution in [0.2, 0.25) is 0 Å². The van der Waals surface area contributed by atoms with E-state index in [4.69, 9.17) is 0 Å². The summed E-state index contributed by atoms with van der Waals surface area (Å²) in [5, 5.41) is 0.755. The Kier molecular flexibility index (Phi) is 6.11. The molecule has 73 valence electrons. The van der Waals surface area contributed by atoms with Gasteiger partial charge in [0.05, 0.1) is 6.29 Å². The van der Waals surface area contributed by atoms with Crippen LogP contribution in [-0.2, 0) is 37.5 Å². The molecule has 1 rings (SSSR count). The van der Waals surface area contributed by atoms with E-state index in [2.05, 4.69) is 25.8 Å². The van der Waals surface area contributed by atoms with Crippen molar-refractivity contribution in [1.82, 2.24) is 4.98 Å². The topological polar surface area (TPSA) is 30.0 Å². The van der Waals surface area contributed by atoms with Crippen LogP contribution < -0.4 is 0 Å². The van der Waals surface area contributed by atoms with Crippen LogP contribution >= 0.6 is 11.8 Å². The molecule has 1 radical (unpaired) electrons. The average Bonchev–Trinajstić information content (AvgIpc) is 2.02. The fraction of sp³-hybridized carbons (Fsp3) is 0.400. The van der Waals surface area contributed by atoms with Crippen molar-refractivity contribution < 1.29 is 37.5 Å². The maximum absolute atomic E-state index is 10.5. The molecule has 0 aromatic carbocycles. The van der Waals surface area contributed by atoms with Gasteiger partial charge in [-0.1, -0.05) is 20.8 Å². The zero-order valence-corrected chi connectivity index (χ0v) is 12.2. The van der Waals surface area contributed by atoms with E-state index in [0.29, 0.717) is 5.56 Å². The summed E-state index contributed by atoms with van der Waals surface area (Å²) in [6, 6.07) is 3.47. The number of nitrogens with zero attached hydrogens (tertiary/aromatic N) is 1. The van der Waals surface area contributed by atoms with Gasteiger partial charge in [-0.05, 0) is 5.03 Å². The van der Waals surface area contributed by atoms with E-state index < -0.39 is 0 Å². The summed E-state index contributed by atoms with van der Waals surface area (Å²) < 4.78 is 0.0694. The molecule has 1 aromatic rings. The first-order valence-corrected chi connectivity index (χ1v) is 4.87. The molecule has 1 aromatic heterocycles. The quantitative estimate of drug-likeness (QED) is 0.617. The molecule has 4 heteroatoms. The summed E-state index contributed by atoms with van der Waals surface area (Å²) in [7, 11) is 0. The molecule has 0 amide bonds.